The Bertz CT molecular complexity index is 798. The molecule has 0 aliphatic rings. The molecule has 0 aliphatic carbocycles. The third kappa shape index (κ3) is 2.71. The third-order valence-corrected chi connectivity index (χ3v) is 3.39. The zero-order valence-electron chi connectivity index (χ0n) is 12.5. The summed E-state index contributed by atoms with van der Waals surface area (Å²) in [6, 6.07) is 8.01. The van der Waals surface area contributed by atoms with E-state index >= 15 is 0 Å². The number of para-hydroxylation sites is 1. The Morgan fingerprint density at radius 2 is 2.05 bits per heavy atom. The number of nitrogens with one attached hydrogen (secondary N) is 2. The van der Waals surface area contributed by atoms with Crippen LogP contribution >= 0.6 is 0 Å². The lowest BCUT2D eigenvalue weighted by Gasteiger charge is -2.11. The summed E-state index contributed by atoms with van der Waals surface area (Å²) in [5.74, 6) is 1.15. The fourth-order valence-electron chi connectivity index (χ4n) is 2.20. The first-order chi connectivity index (χ1) is 10.7. The minimum absolute atomic E-state index is 0.0212. The quantitative estimate of drug-likeness (QED) is 0.666. The molecule has 114 valence electrons. The predicted molar refractivity (Wildman–Crippen MR) is 86.3 cm³/mol. The van der Waals surface area contributed by atoms with Crippen LogP contribution in [0.25, 0.3) is 11.0 Å². The zero-order chi connectivity index (χ0) is 15.5. The van der Waals surface area contributed by atoms with Gasteiger partial charge in [-0.2, -0.15) is 15.1 Å². The van der Waals surface area contributed by atoms with E-state index in [-0.39, 0.29) is 6.61 Å². The molecule has 0 saturated carbocycles. The maximum Gasteiger partial charge on any atom is 0.226 e. The van der Waals surface area contributed by atoms with E-state index in [9.17, 15) is 0 Å². The Balaban J connectivity index is 2.05. The van der Waals surface area contributed by atoms with E-state index < -0.39 is 0 Å². The van der Waals surface area contributed by atoms with Crippen molar-refractivity contribution >= 4 is 28.5 Å². The van der Waals surface area contributed by atoms with Crippen molar-refractivity contribution in [3.8, 4) is 0 Å². The number of aliphatic hydroxyl groups excluding tert-OH is 1. The second-order valence-electron chi connectivity index (χ2n) is 4.99. The predicted octanol–water partition coefficient (Wildman–Crippen LogP) is 1.82. The average Bonchev–Trinajstić information content (AvgIpc) is 2.89. The molecule has 1 aromatic carbocycles. The van der Waals surface area contributed by atoms with Gasteiger partial charge in [-0.1, -0.05) is 18.2 Å². The maximum absolute atomic E-state index is 8.95. The summed E-state index contributed by atoms with van der Waals surface area (Å²) >= 11 is 0. The molecular weight excluding hydrogens is 280 g/mol. The third-order valence-electron chi connectivity index (χ3n) is 3.39. The standard InChI is InChI=1S/C15H18N6O/c1-10-5-3-4-6-12(10)18-13-11-9-17-21(2)14(11)20-15(19-13)16-7-8-22/h3-6,9,22H,7-8H2,1-2H3,(H2,16,18,19,20). The zero-order valence-corrected chi connectivity index (χ0v) is 12.5. The van der Waals surface area contributed by atoms with Gasteiger partial charge in [0.1, 0.15) is 5.82 Å². The van der Waals surface area contributed by atoms with Crippen LogP contribution in [0.15, 0.2) is 30.5 Å². The minimum Gasteiger partial charge on any atom is -0.395 e. The van der Waals surface area contributed by atoms with Crippen LogP contribution in [0.4, 0.5) is 17.5 Å². The molecule has 0 fully saturated rings. The molecule has 0 bridgehead atoms. The van der Waals surface area contributed by atoms with Gasteiger partial charge in [0.05, 0.1) is 18.2 Å². The average molecular weight is 298 g/mol. The van der Waals surface area contributed by atoms with Gasteiger partial charge in [0, 0.05) is 19.3 Å². The van der Waals surface area contributed by atoms with Gasteiger partial charge in [-0.15, -0.1) is 0 Å². The van der Waals surface area contributed by atoms with Crippen molar-refractivity contribution in [2.24, 2.45) is 7.05 Å². The molecule has 3 N–H and O–H groups in total. The van der Waals surface area contributed by atoms with Gasteiger partial charge in [-0.05, 0) is 18.6 Å². The second-order valence-corrected chi connectivity index (χ2v) is 4.99. The lowest BCUT2D eigenvalue weighted by Crippen LogP contribution is -2.10. The largest absolute Gasteiger partial charge is 0.395 e. The SMILES string of the molecule is Cc1ccccc1Nc1nc(NCCO)nc2c1cnn2C. The number of nitrogens with zero attached hydrogens (tertiary/aromatic N) is 4. The highest BCUT2D eigenvalue weighted by molar-refractivity contribution is 5.89. The van der Waals surface area contributed by atoms with Crippen LogP contribution in [0.1, 0.15) is 5.56 Å². The Labute approximate surface area is 128 Å². The normalized spacial score (nSPS) is 10.9. The van der Waals surface area contributed by atoms with Crippen molar-refractivity contribution in [1.29, 1.82) is 0 Å². The van der Waals surface area contributed by atoms with E-state index in [0.29, 0.717) is 18.3 Å². The number of aliphatic hydroxyl groups is 1. The van der Waals surface area contributed by atoms with Crippen LogP contribution in [0.2, 0.25) is 0 Å². The van der Waals surface area contributed by atoms with E-state index in [1.165, 1.54) is 0 Å². The van der Waals surface area contributed by atoms with E-state index in [2.05, 4.69) is 25.7 Å². The lowest BCUT2D eigenvalue weighted by molar-refractivity contribution is 0.311. The molecule has 0 aliphatic heterocycles. The maximum atomic E-state index is 8.95. The fraction of sp³-hybridized carbons (Fsp3) is 0.267. The molecule has 0 radical (unpaired) electrons. The molecule has 2 heterocycles. The fourth-order valence-corrected chi connectivity index (χ4v) is 2.20. The number of hydrogen-bond donors (Lipinski definition) is 3. The Morgan fingerprint density at radius 1 is 1.23 bits per heavy atom. The first kappa shape index (κ1) is 14.3. The molecular formula is C15H18N6O. The van der Waals surface area contributed by atoms with Crippen molar-refractivity contribution in [1.82, 2.24) is 19.7 Å². The molecule has 3 rings (SSSR count). The number of hydrogen-bond acceptors (Lipinski definition) is 6. The number of benzene rings is 1. The van der Waals surface area contributed by atoms with Crippen molar-refractivity contribution in [2.75, 3.05) is 23.8 Å². The van der Waals surface area contributed by atoms with E-state index in [1.807, 2.05) is 38.2 Å². The van der Waals surface area contributed by atoms with E-state index in [0.717, 1.165) is 22.3 Å². The van der Waals surface area contributed by atoms with Crippen LogP contribution < -0.4 is 10.6 Å². The smallest absolute Gasteiger partial charge is 0.226 e. The number of aromatic nitrogens is 4. The Kier molecular flexibility index (Phi) is 3.88. The van der Waals surface area contributed by atoms with Gasteiger partial charge in [0.15, 0.2) is 5.65 Å². The number of fused-ring (bicyclic) bond motifs is 1. The number of anilines is 3. The highest BCUT2D eigenvalue weighted by Gasteiger charge is 2.12. The van der Waals surface area contributed by atoms with Crippen molar-refractivity contribution in [3.05, 3.63) is 36.0 Å². The summed E-state index contributed by atoms with van der Waals surface area (Å²) in [6.07, 6.45) is 1.74. The van der Waals surface area contributed by atoms with E-state index in [4.69, 9.17) is 5.11 Å². The number of rotatable bonds is 5. The molecule has 7 heteroatoms. The van der Waals surface area contributed by atoms with Gasteiger partial charge in [-0.25, -0.2) is 0 Å². The molecule has 0 saturated heterocycles. The number of aryl methyl sites for hydroxylation is 2. The second kappa shape index (κ2) is 5.98. The van der Waals surface area contributed by atoms with Crippen LogP contribution in [-0.2, 0) is 7.05 Å². The van der Waals surface area contributed by atoms with Crippen LogP contribution in [0, 0.1) is 6.92 Å². The van der Waals surface area contributed by atoms with Gasteiger partial charge < -0.3 is 15.7 Å². The molecule has 0 atom stereocenters. The summed E-state index contributed by atoms with van der Waals surface area (Å²) in [4.78, 5) is 8.91. The topological polar surface area (TPSA) is 87.9 Å². The highest BCUT2D eigenvalue weighted by atomic mass is 16.3. The summed E-state index contributed by atoms with van der Waals surface area (Å²) in [7, 11) is 1.84. The van der Waals surface area contributed by atoms with Crippen molar-refractivity contribution in [2.45, 2.75) is 6.92 Å². The molecule has 0 spiro atoms. The first-order valence-electron chi connectivity index (χ1n) is 7.06. The molecule has 22 heavy (non-hydrogen) atoms. The van der Waals surface area contributed by atoms with Crippen LogP contribution in [0.3, 0.4) is 0 Å². The molecule has 3 aromatic rings. The van der Waals surface area contributed by atoms with Gasteiger partial charge in [0.2, 0.25) is 5.95 Å². The summed E-state index contributed by atoms with van der Waals surface area (Å²) in [5, 5.41) is 20.4. The van der Waals surface area contributed by atoms with E-state index in [1.54, 1.807) is 10.9 Å². The Hall–Kier alpha value is -2.67. The van der Waals surface area contributed by atoms with Gasteiger partial charge >= 0.3 is 0 Å². The van der Waals surface area contributed by atoms with Crippen molar-refractivity contribution < 1.29 is 5.11 Å². The summed E-state index contributed by atoms with van der Waals surface area (Å²) < 4.78 is 1.70. The molecule has 7 nitrogen and oxygen atoms in total. The molecule has 0 amide bonds. The lowest BCUT2D eigenvalue weighted by atomic mass is 10.2. The van der Waals surface area contributed by atoms with Crippen LogP contribution in [-0.4, -0.2) is 38.0 Å². The summed E-state index contributed by atoms with van der Waals surface area (Å²) in [6.45, 7) is 2.45. The van der Waals surface area contributed by atoms with Crippen molar-refractivity contribution in [3.63, 3.8) is 0 Å². The molecule has 2 aromatic heterocycles. The monoisotopic (exact) mass is 298 g/mol. The minimum atomic E-state index is 0.0212. The van der Waals surface area contributed by atoms with Gasteiger partial charge in [0.25, 0.3) is 0 Å². The van der Waals surface area contributed by atoms with Crippen LogP contribution in [0.5, 0.6) is 0 Å². The molecule has 0 unspecified atom stereocenters. The summed E-state index contributed by atoms with van der Waals surface area (Å²) in [5.41, 5.74) is 2.84. The highest BCUT2D eigenvalue weighted by Crippen LogP contribution is 2.26. The van der Waals surface area contributed by atoms with Gasteiger partial charge in [-0.3, -0.25) is 4.68 Å². The Morgan fingerprint density at radius 3 is 2.82 bits per heavy atom. The first-order valence-corrected chi connectivity index (χ1v) is 7.06.